The number of allylic oxidation sites excluding steroid dienone is 3. The minimum atomic E-state index is -0.248. The zero-order valence-electron chi connectivity index (χ0n) is 24.8. The maximum atomic E-state index is 9.97. The number of nitriles is 1. The molecule has 3 aromatic rings. The van der Waals surface area contributed by atoms with Gasteiger partial charge in [0.1, 0.15) is 5.82 Å². The molecule has 0 spiro atoms. The van der Waals surface area contributed by atoms with Crippen LogP contribution in [0.5, 0.6) is 0 Å². The lowest BCUT2D eigenvalue weighted by Crippen LogP contribution is -2.44. The summed E-state index contributed by atoms with van der Waals surface area (Å²) in [6, 6.07) is 9.47. The number of pyridine rings is 1. The average Bonchev–Trinajstić information content (AvgIpc) is 3.41. The van der Waals surface area contributed by atoms with Gasteiger partial charge >= 0.3 is 0 Å². The monoisotopic (exact) mass is 617 g/mol. The average molecular weight is 619 g/mol. The summed E-state index contributed by atoms with van der Waals surface area (Å²) in [5, 5.41) is 18.0. The summed E-state index contributed by atoms with van der Waals surface area (Å²) in [6.07, 6.45) is 18.1. The Morgan fingerprint density at radius 3 is 2.54 bits per heavy atom. The van der Waals surface area contributed by atoms with E-state index in [9.17, 15) is 5.26 Å². The van der Waals surface area contributed by atoms with Crippen LogP contribution in [-0.4, -0.2) is 43.6 Å². The van der Waals surface area contributed by atoms with Crippen LogP contribution in [0.25, 0.3) is 5.65 Å². The quantitative estimate of drug-likeness (QED) is 0.257. The van der Waals surface area contributed by atoms with E-state index in [1.807, 2.05) is 29.1 Å². The molecule has 0 atom stereocenters. The number of likely N-dealkylation sites (tertiary alicyclic amines) is 1. The lowest BCUT2D eigenvalue weighted by atomic mass is 9.68. The smallest absolute Gasteiger partial charge is 0.171 e. The Balaban J connectivity index is 0.000000909. The Morgan fingerprint density at radius 1 is 1.20 bits per heavy atom. The number of nitrogens with zero attached hydrogens (tertiary/aromatic N) is 6. The van der Waals surface area contributed by atoms with Gasteiger partial charge in [-0.2, -0.15) is 14.9 Å². The van der Waals surface area contributed by atoms with E-state index in [0.717, 1.165) is 91.7 Å². The molecular weight excluding hydrogens is 574 g/mol. The second kappa shape index (κ2) is 14.7. The molecule has 0 bridgehead atoms. The summed E-state index contributed by atoms with van der Waals surface area (Å²) in [6.45, 7) is 12.7. The number of hydrogen-bond acceptors (Lipinski definition) is 6. The highest BCUT2D eigenvalue weighted by molar-refractivity contribution is 9.10. The van der Waals surface area contributed by atoms with E-state index < -0.39 is 0 Å². The predicted octanol–water partition coefficient (Wildman–Crippen LogP) is 8.07. The van der Waals surface area contributed by atoms with E-state index in [-0.39, 0.29) is 5.41 Å². The molecule has 1 aliphatic carbocycles. The first kappa shape index (κ1) is 30.9. The zero-order chi connectivity index (χ0) is 29.2. The Labute approximate surface area is 253 Å². The zero-order valence-corrected chi connectivity index (χ0v) is 26.4. The van der Waals surface area contributed by atoms with E-state index in [2.05, 4.69) is 87.9 Å². The molecular formula is C33H44BrN7. The molecule has 1 N–H and O–H groups in total. The van der Waals surface area contributed by atoms with Crippen LogP contribution in [0.1, 0.15) is 89.3 Å². The Kier molecular flexibility index (Phi) is 11.1. The maximum absolute atomic E-state index is 9.97. The molecule has 0 radical (unpaired) electrons. The summed E-state index contributed by atoms with van der Waals surface area (Å²) in [5.74, 6) is 1.38. The van der Waals surface area contributed by atoms with Crippen molar-refractivity contribution < 1.29 is 0 Å². The van der Waals surface area contributed by atoms with Crippen molar-refractivity contribution in [2.75, 3.05) is 18.4 Å². The number of rotatable bonds is 8. The summed E-state index contributed by atoms with van der Waals surface area (Å²) in [7, 11) is 0. The van der Waals surface area contributed by atoms with Gasteiger partial charge in [0, 0.05) is 42.7 Å². The second-order valence-electron chi connectivity index (χ2n) is 11.2. The maximum Gasteiger partial charge on any atom is 0.171 e. The fourth-order valence-corrected chi connectivity index (χ4v) is 6.45. The third kappa shape index (κ3) is 7.44. The van der Waals surface area contributed by atoms with Crippen molar-refractivity contribution in [3.05, 3.63) is 76.8 Å². The number of nitrogens with one attached hydrogen (secondary N) is 1. The van der Waals surface area contributed by atoms with Crippen LogP contribution in [0.15, 0.2) is 65.6 Å². The molecule has 0 aromatic carbocycles. The van der Waals surface area contributed by atoms with Gasteiger partial charge in [-0.25, -0.2) is 4.98 Å². The van der Waals surface area contributed by atoms with Gasteiger partial charge in [-0.05, 0) is 98.9 Å². The first-order valence-electron chi connectivity index (χ1n) is 15.0. The molecule has 3 aromatic heterocycles. The second-order valence-corrected chi connectivity index (χ2v) is 12.1. The predicted molar refractivity (Wildman–Crippen MR) is 171 cm³/mol. The van der Waals surface area contributed by atoms with Crippen LogP contribution in [-0.2, 0) is 6.54 Å². The highest BCUT2D eigenvalue weighted by Gasteiger charge is 2.39. The van der Waals surface area contributed by atoms with Crippen LogP contribution in [0.4, 0.5) is 5.82 Å². The normalized spacial score (nSPS) is 22.0. The SMILES string of the molecule is C=CCC.CC/C=C(\C)C1(C#N)CCC(N2CCC(c3cc(NCc4cccnc4)n4ncc(Br)c4n3)CC2)CC1. The molecule has 5 rings (SSSR count). The van der Waals surface area contributed by atoms with E-state index in [1.54, 1.807) is 6.20 Å². The lowest BCUT2D eigenvalue weighted by molar-refractivity contribution is 0.0996. The number of anilines is 1. The molecule has 1 saturated heterocycles. The number of fused-ring (bicyclic) bond motifs is 1. The lowest BCUT2D eigenvalue weighted by Gasteiger charge is -2.43. The fourth-order valence-electron chi connectivity index (χ4n) is 6.10. The van der Waals surface area contributed by atoms with Crippen molar-refractivity contribution in [1.29, 1.82) is 5.26 Å². The van der Waals surface area contributed by atoms with Crippen molar-refractivity contribution in [3.63, 3.8) is 0 Å². The van der Waals surface area contributed by atoms with E-state index in [4.69, 9.17) is 4.98 Å². The van der Waals surface area contributed by atoms with Crippen molar-refractivity contribution in [1.82, 2.24) is 24.5 Å². The fraction of sp³-hybridized carbons (Fsp3) is 0.515. The number of halogens is 1. The molecule has 1 saturated carbocycles. The van der Waals surface area contributed by atoms with E-state index in [0.29, 0.717) is 18.5 Å². The molecule has 2 fully saturated rings. The molecule has 218 valence electrons. The molecule has 2 aliphatic rings. The first-order chi connectivity index (χ1) is 19.9. The van der Waals surface area contributed by atoms with Gasteiger partial charge in [-0.15, -0.1) is 6.58 Å². The summed E-state index contributed by atoms with van der Waals surface area (Å²) in [5.41, 5.74) is 4.14. The van der Waals surface area contributed by atoms with Crippen LogP contribution in [0.2, 0.25) is 0 Å². The molecule has 0 unspecified atom stereocenters. The standard InChI is InChI=1S/C29H36BrN7.C4H8/c1-3-5-21(2)29(20-31)11-7-24(8-12-29)36-14-9-23(10-15-36)26-16-27(33-18-22-6-4-13-32-17-22)37-28(35-26)25(30)19-34-37;1-3-4-2/h4-6,13,16-17,19,23-24,33H,3,7-12,14-15,18H2,1-2H3;3H,1,4H2,2H3/b21-5+;. The number of aromatic nitrogens is 4. The number of hydrogen-bond donors (Lipinski definition) is 1. The van der Waals surface area contributed by atoms with Gasteiger partial charge < -0.3 is 10.2 Å². The molecule has 4 heterocycles. The number of piperidine rings is 1. The minimum Gasteiger partial charge on any atom is -0.366 e. The molecule has 8 heteroatoms. The van der Waals surface area contributed by atoms with Gasteiger partial charge in [0.2, 0.25) is 0 Å². The van der Waals surface area contributed by atoms with Gasteiger partial charge in [0.25, 0.3) is 0 Å². The van der Waals surface area contributed by atoms with E-state index >= 15 is 0 Å². The largest absolute Gasteiger partial charge is 0.366 e. The Hall–Kier alpha value is -3.02. The minimum absolute atomic E-state index is 0.248. The molecule has 0 amide bonds. The highest BCUT2D eigenvalue weighted by atomic mass is 79.9. The van der Waals surface area contributed by atoms with Gasteiger partial charge in [-0.3, -0.25) is 4.98 Å². The summed E-state index contributed by atoms with van der Waals surface area (Å²) < 4.78 is 2.78. The van der Waals surface area contributed by atoms with Crippen LogP contribution in [0, 0.1) is 16.7 Å². The van der Waals surface area contributed by atoms with Crippen molar-refractivity contribution in [2.45, 2.75) is 90.6 Å². The summed E-state index contributed by atoms with van der Waals surface area (Å²) >= 11 is 3.63. The Morgan fingerprint density at radius 2 is 1.93 bits per heavy atom. The molecule has 1 aliphatic heterocycles. The van der Waals surface area contributed by atoms with Crippen LogP contribution >= 0.6 is 15.9 Å². The molecule has 7 nitrogen and oxygen atoms in total. The van der Waals surface area contributed by atoms with Crippen molar-refractivity contribution in [3.8, 4) is 6.07 Å². The Bertz CT molecular complexity index is 1340. The van der Waals surface area contributed by atoms with E-state index in [1.165, 1.54) is 5.57 Å². The van der Waals surface area contributed by atoms with Gasteiger partial charge in [-0.1, -0.05) is 37.6 Å². The summed E-state index contributed by atoms with van der Waals surface area (Å²) in [4.78, 5) is 11.9. The molecule has 41 heavy (non-hydrogen) atoms. The third-order valence-electron chi connectivity index (χ3n) is 8.69. The van der Waals surface area contributed by atoms with Gasteiger partial charge in [0.05, 0.1) is 22.2 Å². The topological polar surface area (TPSA) is 82.1 Å². The van der Waals surface area contributed by atoms with Crippen LogP contribution in [0.3, 0.4) is 0 Å². The highest BCUT2D eigenvalue weighted by Crippen LogP contribution is 2.44. The van der Waals surface area contributed by atoms with Crippen molar-refractivity contribution >= 4 is 27.4 Å². The third-order valence-corrected chi connectivity index (χ3v) is 9.25. The van der Waals surface area contributed by atoms with Crippen molar-refractivity contribution in [2.24, 2.45) is 5.41 Å². The van der Waals surface area contributed by atoms with Gasteiger partial charge in [0.15, 0.2) is 5.65 Å². The first-order valence-corrected chi connectivity index (χ1v) is 15.8. The van der Waals surface area contributed by atoms with Crippen LogP contribution < -0.4 is 5.32 Å².